The van der Waals surface area contributed by atoms with E-state index in [-0.39, 0.29) is 13.1 Å². The Morgan fingerprint density at radius 2 is 1.84 bits per heavy atom. The molecule has 3 heterocycles. The zero-order valence-electron chi connectivity index (χ0n) is 17.0. The average Bonchev–Trinajstić information content (AvgIpc) is 3.21. The summed E-state index contributed by atoms with van der Waals surface area (Å²) in [6.07, 6.45) is -1.67. The number of rotatable bonds is 5. The Morgan fingerprint density at radius 3 is 2.50 bits per heavy atom. The van der Waals surface area contributed by atoms with Crippen LogP contribution in [0.2, 0.25) is 5.02 Å². The molecule has 0 spiro atoms. The van der Waals surface area contributed by atoms with Crippen LogP contribution in [0.25, 0.3) is 5.78 Å². The summed E-state index contributed by atoms with van der Waals surface area (Å²) < 4.78 is 68.3. The van der Waals surface area contributed by atoms with Gasteiger partial charge in [-0.15, -0.1) is 0 Å². The summed E-state index contributed by atoms with van der Waals surface area (Å²) in [6.45, 7) is 2.93. The van der Waals surface area contributed by atoms with Gasteiger partial charge in [0.05, 0.1) is 15.5 Å². The zero-order valence-corrected chi connectivity index (χ0v) is 18.6. The smallest absolute Gasteiger partial charge is 0.354 e. The minimum atomic E-state index is -4.75. The van der Waals surface area contributed by atoms with Crippen LogP contribution in [0.15, 0.2) is 35.5 Å². The van der Waals surface area contributed by atoms with E-state index in [0.717, 1.165) is 36.5 Å². The fraction of sp³-hybridized carbons (Fsp3) is 0.421. The standard InChI is InChI=1S/C19H20ClF3N6O2S/c1-2-3-13-10-17(29-18(26-13)24-12-25-29)27-6-8-28(9-7-27)32(30,31)14-4-5-16(20)15(11-14)19(21,22)23/h4-5,10-12H,2-3,6-9H2,1H3. The fourth-order valence-electron chi connectivity index (χ4n) is 3.64. The third-order valence-corrected chi connectivity index (χ3v) is 7.46. The maximum atomic E-state index is 13.2. The molecule has 1 aliphatic heterocycles. The number of piperazine rings is 1. The minimum Gasteiger partial charge on any atom is -0.354 e. The van der Waals surface area contributed by atoms with Gasteiger partial charge in [-0.2, -0.15) is 32.1 Å². The van der Waals surface area contributed by atoms with Crippen LogP contribution in [0, 0.1) is 0 Å². The Morgan fingerprint density at radius 1 is 1.12 bits per heavy atom. The highest BCUT2D eigenvalue weighted by Crippen LogP contribution is 2.36. The summed E-state index contributed by atoms with van der Waals surface area (Å²) in [6, 6.07) is 4.55. The number of aryl methyl sites for hydroxylation is 1. The van der Waals surface area contributed by atoms with Gasteiger partial charge in [0, 0.05) is 37.9 Å². The van der Waals surface area contributed by atoms with E-state index in [9.17, 15) is 21.6 Å². The number of anilines is 1. The Labute approximate surface area is 187 Å². The molecule has 2 aromatic heterocycles. The first-order valence-corrected chi connectivity index (χ1v) is 11.7. The third kappa shape index (κ3) is 4.26. The van der Waals surface area contributed by atoms with Crippen LogP contribution in [-0.4, -0.2) is 58.5 Å². The van der Waals surface area contributed by atoms with Crippen LogP contribution < -0.4 is 4.90 Å². The summed E-state index contributed by atoms with van der Waals surface area (Å²) in [5.74, 6) is 1.21. The average molecular weight is 489 g/mol. The molecule has 32 heavy (non-hydrogen) atoms. The number of nitrogens with zero attached hydrogens (tertiary/aromatic N) is 6. The quantitative estimate of drug-likeness (QED) is 0.548. The summed E-state index contributed by atoms with van der Waals surface area (Å²) in [4.78, 5) is 10.1. The van der Waals surface area contributed by atoms with Crippen LogP contribution in [0.4, 0.5) is 19.0 Å². The number of hydrogen-bond donors (Lipinski definition) is 0. The maximum absolute atomic E-state index is 13.2. The van der Waals surface area contributed by atoms with Gasteiger partial charge in [0.2, 0.25) is 10.0 Å². The number of fused-ring (bicyclic) bond motifs is 1. The van der Waals surface area contributed by atoms with Crippen molar-refractivity contribution in [3.8, 4) is 0 Å². The molecular formula is C19H20ClF3N6O2S. The van der Waals surface area contributed by atoms with Gasteiger partial charge in [0.25, 0.3) is 5.78 Å². The van der Waals surface area contributed by atoms with E-state index in [1.165, 1.54) is 10.6 Å². The first-order chi connectivity index (χ1) is 15.1. The summed E-state index contributed by atoms with van der Waals surface area (Å²) in [7, 11) is -4.11. The van der Waals surface area contributed by atoms with Gasteiger partial charge in [-0.05, 0) is 24.6 Å². The molecule has 0 saturated carbocycles. The molecule has 0 bridgehead atoms. The van der Waals surface area contributed by atoms with E-state index in [4.69, 9.17) is 11.6 Å². The Kier molecular flexibility index (Phi) is 6.03. The van der Waals surface area contributed by atoms with Crippen molar-refractivity contribution in [2.45, 2.75) is 30.8 Å². The predicted octanol–water partition coefficient (Wildman–Crippen LogP) is 3.26. The molecule has 0 unspecified atom stereocenters. The first-order valence-electron chi connectivity index (χ1n) is 9.92. The van der Waals surface area contributed by atoms with Crippen molar-refractivity contribution < 1.29 is 21.6 Å². The number of halogens is 4. The monoisotopic (exact) mass is 488 g/mol. The van der Waals surface area contributed by atoms with Crippen LogP contribution in [0.3, 0.4) is 0 Å². The maximum Gasteiger partial charge on any atom is 0.417 e. The van der Waals surface area contributed by atoms with E-state index in [2.05, 4.69) is 15.1 Å². The van der Waals surface area contributed by atoms with Crippen molar-refractivity contribution in [3.05, 3.63) is 46.9 Å². The van der Waals surface area contributed by atoms with Crippen molar-refractivity contribution >= 4 is 33.2 Å². The van der Waals surface area contributed by atoms with Gasteiger partial charge in [-0.3, -0.25) is 0 Å². The molecule has 1 fully saturated rings. The van der Waals surface area contributed by atoms with Crippen LogP contribution in [-0.2, 0) is 22.6 Å². The molecule has 0 radical (unpaired) electrons. The fourth-order valence-corrected chi connectivity index (χ4v) is 5.32. The Bertz CT molecular complexity index is 1240. The minimum absolute atomic E-state index is 0.105. The van der Waals surface area contributed by atoms with Gasteiger partial charge in [-0.25, -0.2) is 13.4 Å². The second-order valence-electron chi connectivity index (χ2n) is 7.36. The topological polar surface area (TPSA) is 83.7 Å². The molecule has 8 nitrogen and oxygen atoms in total. The van der Waals surface area contributed by atoms with Gasteiger partial charge >= 0.3 is 6.18 Å². The van der Waals surface area contributed by atoms with Gasteiger partial charge in [-0.1, -0.05) is 24.9 Å². The molecule has 3 aromatic rings. The van der Waals surface area contributed by atoms with Gasteiger partial charge in [0.1, 0.15) is 12.1 Å². The summed E-state index contributed by atoms with van der Waals surface area (Å²) in [5, 5.41) is 3.66. The number of aromatic nitrogens is 4. The normalized spacial score (nSPS) is 16.1. The number of hydrogen-bond acceptors (Lipinski definition) is 6. The molecule has 1 aromatic carbocycles. The largest absolute Gasteiger partial charge is 0.417 e. The summed E-state index contributed by atoms with van der Waals surface area (Å²) >= 11 is 5.62. The highest BCUT2D eigenvalue weighted by molar-refractivity contribution is 7.89. The van der Waals surface area contributed by atoms with Crippen molar-refractivity contribution in [1.29, 1.82) is 0 Å². The second kappa shape index (κ2) is 8.49. The molecule has 0 aliphatic carbocycles. The van der Waals surface area contributed by atoms with Crippen molar-refractivity contribution in [2.75, 3.05) is 31.1 Å². The van der Waals surface area contributed by atoms with Gasteiger partial charge < -0.3 is 4.90 Å². The van der Waals surface area contributed by atoms with E-state index in [1.54, 1.807) is 4.52 Å². The molecule has 0 amide bonds. The number of benzene rings is 1. The predicted molar refractivity (Wildman–Crippen MR) is 112 cm³/mol. The highest BCUT2D eigenvalue weighted by atomic mass is 35.5. The third-order valence-electron chi connectivity index (χ3n) is 5.24. The number of sulfonamides is 1. The first kappa shape index (κ1) is 22.7. The highest BCUT2D eigenvalue weighted by Gasteiger charge is 2.36. The second-order valence-corrected chi connectivity index (χ2v) is 9.70. The van der Waals surface area contributed by atoms with Crippen LogP contribution in [0.5, 0.6) is 0 Å². The van der Waals surface area contributed by atoms with E-state index >= 15 is 0 Å². The molecule has 1 aliphatic rings. The van der Waals surface area contributed by atoms with Crippen LogP contribution in [0.1, 0.15) is 24.6 Å². The van der Waals surface area contributed by atoms with E-state index < -0.39 is 31.7 Å². The molecule has 13 heteroatoms. The van der Waals surface area contributed by atoms with E-state index in [0.29, 0.717) is 24.9 Å². The lowest BCUT2D eigenvalue weighted by Gasteiger charge is -2.35. The molecule has 1 saturated heterocycles. The summed E-state index contributed by atoms with van der Waals surface area (Å²) in [5.41, 5.74) is -0.313. The molecule has 0 atom stereocenters. The van der Waals surface area contributed by atoms with E-state index in [1.807, 2.05) is 17.9 Å². The number of alkyl halides is 3. The van der Waals surface area contributed by atoms with Crippen molar-refractivity contribution in [3.63, 3.8) is 0 Å². The SMILES string of the molecule is CCCc1cc(N2CCN(S(=O)(=O)c3ccc(Cl)c(C(F)(F)F)c3)CC2)n2ncnc2n1. The lowest BCUT2D eigenvalue weighted by atomic mass is 10.2. The molecule has 4 rings (SSSR count). The molecular weight excluding hydrogens is 469 g/mol. The molecule has 0 N–H and O–H groups in total. The Balaban J connectivity index is 1.57. The van der Waals surface area contributed by atoms with Crippen molar-refractivity contribution in [1.82, 2.24) is 23.9 Å². The Hall–Kier alpha value is -2.44. The molecule has 172 valence electrons. The zero-order chi connectivity index (χ0) is 23.1. The van der Waals surface area contributed by atoms with Gasteiger partial charge in [0.15, 0.2) is 0 Å². The lowest BCUT2D eigenvalue weighted by Crippen LogP contribution is -2.49. The lowest BCUT2D eigenvalue weighted by molar-refractivity contribution is -0.137. The van der Waals surface area contributed by atoms with Crippen LogP contribution >= 0.6 is 11.6 Å². The van der Waals surface area contributed by atoms with Crippen molar-refractivity contribution in [2.24, 2.45) is 0 Å².